The van der Waals surface area contributed by atoms with Crippen molar-refractivity contribution < 1.29 is 14.6 Å². The van der Waals surface area contributed by atoms with Crippen molar-refractivity contribution in [1.29, 1.82) is 0 Å². The highest BCUT2D eigenvalue weighted by Gasteiger charge is 2.32. The van der Waals surface area contributed by atoms with Gasteiger partial charge in [0.25, 0.3) is 11.6 Å². The fourth-order valence-corrected chi connectivity index (χ4v) is 1.83. The van der Waals surface area contributed by atoms with Crippen LogP contribution in [0.2, 0.25) is 0 Å². The molecule has 0 bridgehead atoms. The third-order valence-electron chi connectivity index (χ3n) is 2.80. The van der Waals surface area contributed by atoms with E-state index in [1.54, 1.807) is 32.3 Å². The first-order valence-electron chi connectivity index (χ1n) is 5.68. The highest BCUT2D eigenvalue weighted by molar-refractivity contribution is 6.06. The highest BCUT2D eigenvalue weighted by Crippen LogP contribution is 2.24. The van der Waals surface area contributed by atoms with Gasteiger partial charge in [0, 0.05) is 26.6 Å². The fraction of sp³-hybridized carbons (Fsp3) is 0.333. The Morgan fingerprint density at radius 2 is 2.16 bits per heavy atom. The summed E-state index contributed by atoms with van der Waals surface area (Å²) in [7, 11) is 3.24. The lowest BCUT2D eigenvalue weighted by Crippen LogP contribution is -2.33. The van der Waals surface area contributed by atoms with E-state index in [4.69, 9.17) is 4.84 Å². The average Bonchev–Trinajstić information content (AvgIpc) is 2.87. The van der Waals surface area contributed by atoms with Crippen molar-refractivity contribution in [2.75, 3.05) is 14.1 Å². The van der Waals surface area contributed by atoms with Crippen molar-refractivity contribution in [3.63, 3.8) is 0 Å². The number of nitro benzene ring substituents is 1. The molecule has 0 aromatic heterocycles. The minimum absolute atomic E-state index is 0.0391. The Kier molecular flexibility index (Phi) is 3.46. The summed E-state index contributed by atoms with van der Waals surface area (Å²) in [5.41, 5.74) is 0.775. The summed E-state index contributed by atoms with van der Waals surface area (Å²) in [6.45, 7) is 0. The topological polar surface area (TPSA) is 85.0 Å². The Bertz CT molecular complexity index is 554. The molecule has 1 aromatic carbocycles. The molecule has 0 spiro atoms. The molecule has 7 heteroatoms. The molecule has 0 saturated carbocycles. The van der Waals surface area contributed by atoms with Gasteiger partial charge >= 0.3 is 0 Å². The largest absolute Gasteiger partial charge is 0.382 e. The van der Waals surface area contributed by atoms with Crippen LogP contribution < -0.4 is 0 Å². The van der Waals surface area contributed by atoms with Crippen LogP contribution >= 0.6 is 0 Å². The minimum atomic E-state index is -0.704. The summed E-state index contributed by atoms with van der Waals surface area (Å²) in [6, 6.07) is 6.27. The van der Waals surface area contributed by atoms with Crippen LogP contribution in [0, 0.1) is 10.1 Å². The van der Waals surface area contributed by atoms with E-state index in [-0.39, 0.29) is 18.0 Å². The Labute approximate surface area is 109 Å². The number of amides is 1. The molecular weight excluding hydrogens is 250 g/mol. The van der Waals surface area contributed by atoms with Gasteiger partial charge in [0.2, 0.25) is 6.10 Å². The van der Waals surface area contributed by atoms with Crippen LogP contribution in [-0.2, 0) is 9.63 Å². The lowest BCUT2D eigenvalue weighted by Gasteiger charge is -2.13. The Morgan fingerprint density at radius 3 is 2.79 bits per heavy atom. The van der Waals surface area contributed by atoms with Gasteiger partial charge in [0.1, 0.15) is 0 Å². The van der Waals surface area contributed by atoms with Crippen LogP contribution in [0.4, 0.5) is 5.69 Å². The van der Waals surface area contributed by atoms with E-state index in [9.17, 15) is 14.9 Å². The predicted octanol–water partition coefficient (Wildman–Crippen LogP) is 1.18. The van der Waals surface area contributed by atoms with Crippen LogP contribution in [0.15, 0.2) is 29.4 Å². The summed E-state index contributed by atoms with van der Waals surface area (Å²) < 4.78 is 0. The molecular formula is C12H13N3O4. The van der Waals surface area contributed by atoms with Gasteiger partial charge in [0.05, 0.1) is 16.2 Å². The number of hydrogen-bond donors (Lipinski definition) is 0. The van der Waals surface area contributed by atoms with Crippen molar-refractivity contribution in [3.05, 3.63) is 39.9 Å². The first kappa shape index (κ1) is 13.0. The van der Waals surface area contributed by atoms with E-state index in [0.717, 1.165) is 0 Å². The third-order valence-corrected chi connectivity index (χ3v) is 2.80. The Hall–Kier alpha value is -2.44. The van der Waals surface area contributed by atoms with Crippen LogP contribution in [0.1, 0.15) is 12.0 Å². The van der Waals surface area contributed by atoms with Gasteiger partial charge in [-0.2, -0.15) is 0 Å². The maximum Gasteiger partial charge on any atom is 0.278 e. The zero-order valence-electron chi connectivity index (χ0n) is 10.6. The molecule has 100 valence electrons. The van der Waals surface area contributed by atoms with E-state index in [2.05, 4.69) is 5.16 Å². The Balaban J connectivity index is 2.22. The van der Waals surface area contributed by atoms with Crippen molar-refractivity contribution in [3.8, 4) is 0 Å². The van der Waals surface area contributed by atoms with E-state index in [1.807, 2.05) is 0 Å². The number of oxime groups is 1. The molecule has 0 N–H and O–H groups in total. The summed E-state index contributed by atoms with van der Waals surface area (Å²) in [4.78, 5) is 28.7. The predicted molar refractivity (Wildman–Crippen MR) is 67.8 cm³/mol. The number of benzene rings is 1. The lowest BCUT2D eigenvalue weighted by atomic mass is 10.0. The third kappa shape index (κ3) is 2.54. The molecule has 1 atom stereocenters. The molecule has 1 heterocycles. The zero-order chi connectivity index (χ0) is 14.0. The molecule has 1 aliphatic heterocycles. The van der Waals surface area contributed by atoms with Crippen molar-refractivity contribution in [2.24, 2.45) is 5.16 Å². The number of carbonyl (C=O) groups excluding carboxylic acids is 1. The summed E-state index contributed by atoms with van der Waals surface area (Å²) in [5.74, 6) is -0.211. The summed E-state index contributed by atoms with van der Waals surface area (Å²) >= 11 is 0. The maximum atomic E-state index is 11.7. The van der Waals surface area contributed by atoms with E-state index in [0.29, 0.717) is 11.3 Å². The monoisotopic (exact) mass is 263 g/mol. The molecule has 1 amide bonds. The Morgan fingerprint density at radius 1 is 1.47 bits per heavy atom. The summed E-state index contributed by atoms with van der Waals surface area (Å²) in [5, 5.41) is 14.7. The summed E-state index contributed by atoms with van der Waals surface area (Å²) in [6.07, 6.45) is -0.466. The molecule has 0 fully saturated rings. The van der Waals surface area contributed by atoms with Gasteiger partial charge in [-0.05, 0) is 6.07 Å². The normalized spacial score (nSPS) is 17.6. The average molecular weight is 263 g/mol. The van der Waals surface area contributed by atoms with Crippen molar-refractivity contribution in [1.82, 2.24) is 4.90 Å². The molecule has 0 aliphatic carbocycles. The number of likely N-dealkylation sites (N-methyl/N-ethyl adjacent to an activating group) is 1. The first-order valence-corrected chi connectivity index (χ1v) is 5.68. The second kappa shape index (κ2) is 5.05. The molecule has 0 saturated heterocycles. The van der Waals surface area contributed by atoms with E-state index < -0.39 is 11.0 Å². The molecule has 19 heavy (non-hydrogen) atoms. The second-order valence-corrected chi connectivity index (χ2v) is 4.34. The van der Waals surface area contributed by atoms with Crippen LogP contribution in [0.25, 0.3) is 0 Å². The number of carbonyl (C=O) groups is 1. The van der Waals surface area contributed by atoms with Crippen LogP contribution in [0.5, 0.6) is 0 Å². The number of nitro groups is 1. The first-order chi connectivity index (χ1) is 9.00. The minimum Gasteiger partial charge on any atom is -0.382 e. The second-order valence-electron chi connectivity index (χ2n) is 4.34. The van der Waals surface area contributed by atoms with Crippen LogP contribution in [0.3, 0.4) is 0 Å². The SMILES string of the molecule is CN(C)C(=O)[C@@H]1CC(c2ccccc2[N+](=O)[O-])=NO1. The van der Waals surface area contributed by atoms with Gasteiger partial charge < -0.3 is 9.74 Å². The van der Waals surface area contributed by atoms with Crippen molar-refractivity contribution in [2.45, 2.75) is 12.5 Å². The lowest BCUT2D eigenvalue weighted by molar-refractivity contribution is -0.385. The van der Waals surface area contributed by atoms with E-state index >= 15 is 0 Å². The fourth-order valence-electron chi connectivity index (χ4n) is 1.83. The molecule has 0 unspecified atom stereocenters. The van der Waals surface area contributed by atoms with Gasteiger partial charge in [-0.1, -0.05) is 17.3 Å². The highest BCUT2D eigenvalue weighted by atomic mass is 16.6. The number of hydrogen-bond acceptors (Lipinski definition) is 5. The smallest absolute Gasteiger partial charge is 0.278 e. The molecule has 2 rings (SSSR count). The van der Waals surface area contributed by atoms with Gasteiger partial charge in [0.15, 0.2) is 0 Å². The van der Waals surface area contributed by atoms with E-state index in [1.165, 1.54) is 11.0 Å². The zero-order valence-corrected chi connectivity index (χ0v) is 10.6. The van der Waals surface area contributed by atoms with Gasteiger partial charge in [-0.25, -0.2) is 0 Å². The maximum absolute atomic E-state index is 11.7. The number of nitrogens with zero attached hydrogens (tertiary/aromatic N) is 3. The standard InChI is InChI=1S/C12H13N3O4/c1-14(2)12(16)11-7-9(13-19-11)8-5-3-4-6-10(8)15(17)18/h3-6,11H,7H2,1-2H3/t11-/m0/s1. The molecule has 1 aliphatic rings. The van der Waals surface area contributed by atoms with Gasteiger partial charge in [-0.3, -0.25) is 14.9 Å². The quantitative estimate of drug-likeness (QED) is 0.605. The molecule has 1 aromatic rings. The molecule has 0 radical (unpaired) electrons. The number of para-hydroxylation sites is 1. The molecule has 7 nitrogen and oxygen atoms in total. The number of rotatable bonds is 3. The van der Waals surface area contributed by atoms with Gasteiger partial charge in [-0.15, -0.1) is 0 Å². The van der Waals surface area contributed by atoms with Crippen molar-refractivity contribution >= 4 is 17.3 Å². The van der Waals surface area contributed by atoms with Crippen LogP contribution in [-0.4, -0.2) is 41.6 Å².